The second kappa shape index (κ2) is 6.80. The summed E-state index contributed by atoms with van der Waals surface area (Å²) >= 11 is 0. The first-order chi connectivity index (χ1) is 8.56. The van der Waals surface area contributed by atoms with Crippen LogP contribution in [-0.4, -0.2) is 24.1 Å². The fraction of sp³-hybridized carbons (Fsp3) is 0.500. The molecule has 1 aromatic carbocycles. The van der Waals surface area contributed by atoms with Gasteiger partial charge in [-0.1, -0.05) is 6.92 Å². The minimum Gasteiger partial charge on any atom is -0.494 e. The van der Waals surface area contributed by atoms with Gasteiger partial charge in [-0.15, -0.1) is 0 Å². The Morgan fingerprint density at radius 1 is 1.44 bits per heavy atom. The van der Waals surface area contributed by atoms with Crippen LogP contribution in [-0.2, 0) is 0 Å². The van der Waals surface area contributed by atoms with Crippen LogP contribution in [0.15, 0.2) is 18.2 Å². The fourth-order valence-electron chi connectivity index (χ4n) is 1.43. The highest BCUT2D eigenvalue weighted by atomic mass is 16.6. The number of rotatable bonds is 7. The molecule has 0 fully saturated rings. The summed E-state index contributed by atoms with van der Waals surface area (Å²) in [5.74, 6) is 0.485. The number of nitrogens with one attached hydrogen (secondary N) is 1. The normalized spacial score (nSPS) is 11.9. The summed E-state index contributed by atoms with van der Waals surface area (Å²) < 4.78 is 5.29. The Bertz CT molecular complexity index is 410. The van der Waals surface area contributed by atoms with E-state index >= 15 is 0 Å². The van der Waals surface area contributed by atoms with Crippen LogP contribution in [0.3, 0.4) is 0 Å². The highest BCUT2D eigenvalue weighted by Gasteiger charge is 2.10. The van der Waals surface area contributed by atoms with Gasteiger partial charge in [-0.2, -0.15) is 0 Å². The molecule has 1 rings (SSSR count). The molecule has 0 spiro atoms. The first kappa shape index (κ1) is 14.2. The fourth-order valence-corrected chi connectivity index (χ4v) is 1.43. The van der Waals surface area contributed by atoms with Gasteiger partial charge in [0.25, 0.3) is 5.69 Å². The number of nitrogens with zero attached hydrogens (tertiary/aromatic N) is 1. The zero-order valence-corrected chi connectivity index (χ0v) is 10.7. The van der Waals surface area contributed by atoms with Gasteiger partial charge in [0.05, 0.1) is 17.6 Å². The van der Waals surface area contributed by atoms with Gasteiger partial charge in [0, 0.05) is 30.4 Å². The molecule has 0 aliphatic heterocycles. The lowest BCUT2D eigenvalue weighted by atomic mass is 10.2. The summed E-state index contributed by atoms with van der Waals surface area (Å²) in [6.07, 6.45) is 0.847. The van der Waals surface area contributed by atoms with Crippen LogP contribution >= 0.6 is 0 Å². The topological polar surface area (TPSA) is 90.4 Å². The second-order valence-corrected chi connectivity index (χ2v) is 3.95. The van der Waals surface area contributed by atoms with Crippen LogP contribution in [0.25, 0.3) is 0 Å². The molecule has 100 valence electrons. The van der Waals surface area contributed by atoms with E-state index in [1.54, 1.807) is 6.07 Å². The van der Waals surface area contributed by atoms with E-state index in [4.69, 9.17) is 10.5 Å². The van der Waals surface area contributed by atoms with Gasteiger partial charge in [0.2, 0.25) is 0 Å². The molecule has 0 aliphatic carbocycles. The number of benzene rings is 1. The number of ether oxygens (including phenoxy) is 1. The Labute approximate surface area is 106 Å². The number of non-ortho nitro benzene ring substituents is 1. The highest BCUT2D eigenvalue weighted by molar-refractivity contribution is 5.56. The van der Waals surface area contributed by atoms with Crippen molar-refractivity contribution in [3.8, 4) is 5.75 Å². The first-order valence-corrected chi connectivity index (χ1v) is 5.98. The number of hydrogen-bond acceptors (Lipinski definition) is 5. The molecule has 6 heteroatoms. The Kier molecular flexibility index (Phi) is 5.38. The molecule has 0 amide bonds. The van der Waals surface area contributed by atoms with Crippen LogP contribution in [0.2, 0.25) is 0 Å². The summed E-state index contributed by atoms with van der Waals surface area (Å²) in [6, 6.07) is 4.65. The van der Waals surface area contributed by atoms with Crippen LogP contribution in [0.5, 0.6) is 5.75 Å². The van der Waals surface area contributed by atoms with E-state index < -0.39 is 4.92 Å². The summed E-state index contributed by atoms with van der Waals surface area (Å²) in [5.41, 5.74) is 6.45. The lowest BCUT2D eigenvalue weighted by Crippen LogP contribution is -2.28. The van der Waals surface area contributed by atoms with E-state index in [0.29, 0.717) is 24.6 Å². The quantitative estimate of drug-likeness (QED) is 0.574. The predicted octanol–water partition coefficient (Wildman–Crippen LogP) is 2.14. The Hall–Kier alpha value is -1.82. The summed E-state index contributed by atoms with van der Waals surface area (Å²) in [5, 5.41) is 13.9. The first-order valence-electron chi connectivity index (χ1n) is 5.98. The van der Waals surface area contributed by atoms with Gasteiger partial charge in [-0.05, 0) is 13.3 Å². The lowest BCUT2D eigenvalue weighted by molar-refractivity contribution is -0.384. The molecule has 0 aromatic heterocycles. The molecule has 18 heavy (non-hydrogen) atoms. The molecule has 1 aromatic rings. The van der Waals surface area contributed by atoms with E-state index in [-0.39, 0.29) is 11.7 Å². The number of anilines is 1. The molecule has 1 unspecified atom stereocenters. The van der Waals surface area contributed by atoms with Crippen molar-refractivity contribution in [3.63, 3.8) is 0 Å². The van der Waals surface area contributed by atoms with E-state index in [2.05, 4.69) is 5.32 Å². The maximum absolute atomic E-state index is 10.8. The van der Waals surface area contributed by atoms with Gasteiger partial charge in [-0.25, -0.2) is 0 Å². The lowest BCUT2D eigenvalue weighted by Gasteiger charge is -2.12. The van der Waals surface area contributed by atoms with Gasteiger partial charge < -0.3 is 15.8 Å². The van der Waals surface area contributed by atoms with Crippen LogP contribution in [0, 0.1) is 10.1 Å². The second-order valence-electron chi connectivity index (χ2n) is 3.95. The number of nitro benzene ring substituents is 1. The molecule has 3 N–H and O–H groups in total. The van der Waals surface area contributed by atoms with Gasteiger partial charge in [-0.3, -0.25) is 10.1 Å². The van der Waals surface area contributed by atoms with Crippen LogP contribution < -0.4 is 15.8 Å². The third-order valence-corrected chi connectivity index (χ3v) is 2.51. The van der Waals surface area contributed by atoms with Crippen molar-refractivity contribution in [1.29, 1.82) is 0 Å². The Balaban J connectivity index is 2.85. The van der Waals surface area contributed by atoms with Crippen LogP contribution in [0.1, 0.15) is 20.3 Å². The van der Waals surface area contributed by atoms with E-state index in [0.717, 1.165) is 6.42 Å². The van der Waals surface area contributed by atoms with Crippen molar-refractivity contribution >= 4 is 11.4 Å². The van der Waals surface area contributed by atoms with Crippen LogP contribution in [0.4, 0.5) is 11.4 Å². The number of nitro groups is 1. The third kappa shape index (κ3) is 4.21. The standard InChI is InChI=1S/C12H19N3O3/c1-3-9(13)8-14-10-5-11(15(16)17)7-12(6-10)18-4-2/h5-7,9,14H,3-4,8,13H2,1-2H3. The molecule has 1 atom stereocenters. The minimum atomic E-state index is -0.437. The van der Waals surface area contributed by atoms with Gasteiger partial charge in [0.15, 0.2) is 0 Å². The smallest absolute Gasteiger partial charge is 0.275 e. The predicted molar refractivity (Wildman–Crippen MR) is 71.0 cm³/mol. The number of nitrogens with two attached hydrogens (primary N) is 1. The molecular weight excluding hydrogens is 234 g/mol. The molecule has 0 aliphatic rings. The molecule has 6 nitrogen and oxygen atoms in total. The molecule has 0 bridgehead atoms. The summed E-state index contributed by atoms with van der Waals surface area (Å²) in [6.45, 7) is 4.86. The zero-order chi connectivity index (χ0) is 13.5. The number of hydrogen-bond donors (Lipinski definition) is 2. The van der Waals surface area contributed by atoms with Gasteiger partial charge in [0.1, 0.15) is 5.75 Å². The highest BCUT2D eigenvalue weighted by Crippen LogP contribution is 2.26. The van der Waals surface area contributed by atoms with Crippen molar-refractivity contribution < 1.29 is 9.66 Å². The van der Waals surface area contributed by atoms with E-state index in [1.165, 1.54) is 12.1 Å². The minimum absolute atomic E-state index is 0.00789. The average molecular weight is 253 g/mol. The summed E-state index contributed by atoms with van der Waals surface area (Å²) in [4.78, 5) is 10.4. The SMILES string of the molecule is CCOc1cc(NCC(N)CC)cc([N+](=O)[O-])c1. The van der Waals surface area contributed by atoms with Crippen molar-refractivity contribution in [2.45, 2.75) is 26.3 Å². The molecule has 0 radical (unpaired) electrons. The zero-order valence-electron chi connectivity index (χ0n) is 10.7. The largest absolute Gasteiger partial charge is 0.494 e. The maximum Gasteiger partial charge on any atom is 0.275 e. The maximum atomic E-state index is 10.8. The monoisotopic (exact) mass is 253 g/mol. The Morgan fingerprint density at radius 3 is 2.72 bits per heavy atom. The van der Waals surface area contributed by atoms with Crippen molar-refractivity contribution in [1.82, 2.24) is 0 Å². The third-order valence-electron chi connectivity index (χ3n) is 2.51. The van der Waals surface area contributed by atoms with Crippen molar-refractivity contribution in [2.75, 3.05) is 18.5 Å². The molecule has 0 heterocycles. The van der Waals surface area contributed by atoms with E-state index in [9.17, 15) is 10.1 Å². The van der Waals surface area contributed by atoms with Crippen molar-refractivity contribution in [2.24, 2.45) is 5.73 Å². The average Bonchev–Trinajstić information content (AvgIpc) is 2.36. The van der Waals surface area contributed by atoms with Crippen molar-refractivity contribution in [3.05, 3.63) is 28.3 Å². The van der Waals surface area contributed by atoms with E-state index in [1.807, 2.05) is 13.8 Å². The molecule has 0 saturated heterocycles. The molecular formula is C12H19N3O3. The van der Waals surface area contributed by atoms with Gasteiger partial charge >= 0.3 is 0 Å². The Morgan fingerprint density at radius 2 is 2.17 bits per heavy atom. The molecule has 0 saturated carbocycles. The summed E-state index contributed by atoms with van der Waals surface area (Å²) in [7, 11) is 0.